The van der Waals surface area contributed by atoms with Crippen LogP contribution in [-0.2, 0) is 7.05 Å². The van der Waals surface area contributed by atoms with Crippen molar-refractivity contribution in [2.75, 3.05) is 6.61 Å². The van der Waals surface area contributed by atoms with Crippen molar-refractivity contribution >= 4 is 5.97 Å². The van der Waals surface area contributed by atoms with E-state index >= 15 is 0 Å². The van der Waals surface area contributed by atoms with E-state index in [-0.39, 0.29) is 5.69 Å². The van der Waals surface area contributed by atoms with Gasteiger partial charge in [0.1, 0.15) is 11.6 Å². The zero-order chi connectivity index (χ0) is 15.7. The van der Waals surface area contributed by atoms with Gasteiger partial charge < -0.3 is 9.84 Å². The fourth-order valence-corrected chi connectivity index (χ4v) is 2.51. The first-order chi connectivity index (χ1) is 10.5. The van der Waals surface area contributed by atoms with Gasteiger partial charge in [-0.3, -0.25) is 4.68 Å². The molecule has 0 saturated heterocycles. The summed E-state index contributed by atoms with van der Waals surface area (Å²) in [5, 5.41) is 12.9. The normalized spacial score (nSPS) is 14.6. The van der Waals surface area contributed by atoms with Crippen LogP contribution in [0.5, 0.6) is 5.75 Å². The van der Waals surface area contributed by atoms with E-state index in [1.165, 1.54) is 29.3 Å². The molecule has 1 aromatic heterocycles. The maximum Gasteiger partial charge on any atom is 0.356 e. The van der Waals surface area contributed by atoms with Gasteiger partial charge in [0.15, 0.2) is 5.69 Å². The third kappa shape index (κ3) is 2.95. The van der Waals surface area contributed by atoms with Crippen LogP contribution in [0.25, 0.3) is 11.3 Å². The van der Waals surface area contributed by atoms with E-state index in [9.17, 15) is 9.18 Å². The highest BCUT2D eigenvalue weighted by Gasteiger charge is 2.19. The Bertz CT molecular complexity index is 707. The smallest absolute Gasteiger partial charge is 0.356 e. The lowest BCUT2D eigenvalue weighted by atomic mass is 9.86. The molecular formula is C16H17FN2O3. The second kappa shape index (κ2) is 5.79. The van der Waals surface area contributed by atoms with Gasteiger partial charge in [0.25, 0.3) is 0 Å². The molecule has 0 bridgehead atoms. The highest BCUT2D eigenvalue weighted by Crippen LogP contribution is 2.29. The molecule has 1 aliphatic rings. The van der Waals surface area contributed by atoms with Gasteiger partial charge in [0, 0.05) is 18.7 Å². The Hall–Kier alpha value is -2.37. The molecule has 1 aliphatic carbocycles. The average Bonchev–Trinajstić information content (AvgIpc) is 2.79. The lowest BCUT2D eigenvalue weighted by Gasteiger charge is -2.25. The molecule has 0 unspecified atom stereocenters. The van der Waals surface area contributed by atoms with Crippen LogP contribution in [-0.4, -0.2) is 27.5 Å². The predicted molar refractivity (Wildman–Crippen MR) is 78.4 cm³/mol. The molecular weight excluding hydrogens is 287 g/mol. The van der Waals surface area contributed by atoms with Crippen LogP contribution in [0.3, 0.4) is 0 Å². The van der Waals surface area contributed by atoms with Crippen LogP contribution < -0.4 is 4.74 Å². The van der Waals surface area contributed by atoms with E-state index in [0.717, 1.165) is 12.8 Å². The van der Waals surface area contributed by atoms with Gasteiger partial charge in [0.2, 0.25) is 0 Å². The van der Waals surface area contributed by atoms with Crippen molar-refractivity contribution in [1.29, 1.82) is 0 Å². The largest absolute Gasteiger partial charge is 0.493 e. The molecule has 0 amide bonds. The van der Waals surface area contributed by atoms with Gasteiger partial charge in [-0.25, -0.2) is 9.18 Å². The predicted octanol–water partition coefficient (Wildman–Crippen LogP) is 3.10. The second-order valence-electron chi connectivity index (χ2n) is 5.63. The van der Waals surface area contributed by atoms with E-state index in [4.69, 9.17) is 9.84 Å². The van der Waals surface area contributed by atoms with Crippen molar-refractivity contribution in [2.45, 2.75) is 19.3 Å². The Balaban J connectivity index is 1.86. The molecule has 1 heterocycles. The molecule has 1 fully saturated rings. The van der Waals surface area contributed by atoms with Crippen LogP contribution in [0.2, 0.25) is 0 Å². The highest BCUT2D eigenvalue weighted by atomic mass is 19.1. The summed E-state index contributed by atoms with van der Waals surface area (Å²) >= 11 is 0. The summed E-state index contributed by atoms with van der Waals surface area (Å²) in [6.45, 7) is 0.592. The molecule has 5 nitrogen and oxygen atoms in total. The van der Waals surface area contributed by atoms with Crippen LogP contribution in [0.4, 0.5) is 4.39 Å². The number of rotatable bonds is 5. The molecule has 1 N–H and O–H groups in total. The minimum atomic E-state index is -1.11. The number of carboxylic acid groups (broad SMARTS) is 1. The van der Waals surface area contributed by atoms with Crippen LogP contribution >= 0.6 is 0 Å². The number of ether oxygens (including phenoxy) is 1. The maximum absolute atomic E-state index is 13.8. The monoisotopic (exact) mass is 304 g/mol. The first-order valence-corrected chi connectivity index (χ1v) is 7.24. The Morgan fingerprint density at radius 1 is 1.41 bits per heavy atom. The minimum absolute atomic E-state index is 0.0707. The van der Waals surface area contributed by atoms with Crippen LogP contribution in [0.15, 0.2) is 24.3 Å². The van der Waals surface area contributed by atoms with Gasteiger partial charge in [-0.2, -0.15) is 5.10 Å². The Morgan fingerprint density at radius 2 is 2.18 bits per heavy atom. The number of halogens is 1. The van der Waals surface area contributed by atoms with Crippen LogP contribution in [0.1, 0.15) is 29.8 Å². The topological polar surface area (TPSA) is 64.4 Å². The molecule has 22 heavy (non-hydrogen) atoms. The SMILES string of the molecule is Cn1nc(C(=O)O)cc1-c1cc(F)cc(OCC2CCC2)c1. The summed E-state index contributed by atoms with van der Waals surface area (Å²) in [4.78, 5) is 11.0. The molecule has 1 aromatic carbocycles. The fraction of sp³-hybridized carbons (Fsp3) is 0.375. The third-order valence-corrected chi connectivity index (χ3v) is 3.98. The Kier molecular flexibility index (Phi) is 3.83. The summed E-state index contributed by atoms with van der Waals surface area (Å²) in [6.07, 6.45) is 3.55. The van der Waals surface area contributed by atoms with Gasteiger partial charge in [-0.1, -0.05) is 6.42 Å². The number of hydrogen-bond donors (Lipinski definition) is 1. The Labute approximate surface area is 127 Å². The van der Waals surface area contributed by atoms with E-state index in [1.54, 1.807) is 13.1 Å². The highest BCUT2D eigenvalue weighted by molar-refractivity contribution is 5.87. The molecule has 2 aromatic rings. The molecule has 0 spiro atoms. The summed E-state index contributed by atoms with van der Waals surface area (Å²) in [6, 6.07) is 5.83. The first kappa shape index (κ1) is 14.6. The van der Waals surface area contributed by atoms with Gasteiger partial charge in [0.05, 0.1) is 12.3 Å². The van der Waals surface area contributed by atoms with Gasteiger partial charge in [-0.15, -0.1) is 0 Å². The quantitative estimate of drug-likeness (QED) is 0.922. The number of nitrogens with zero attached hydrogens (tertiary/aromatic N) is 2. The van der Waals surface area contributed by atoms with Crippen molar-refractivity contribution in [3.05, 3.63) is 35.8 Å². The number of aryl methyl sites for hydroxylation is 1. The van der Waals surface area contributed by atoms with Crippen molar-refractivity contribution in [3.8, 4) is 17.0 Å². The van der Waals surface area contributed by atoms with E-state index < -0.39 is 11.8 Å². The van der Waals surface area contributed by atoms with Crippen LogP contribution in [0, 0.1) is 11.7 Å². The number of carboxylic acids is 1. The van der Waals surface area contributed by atoms with Gasteiger partial charge in [-0.05, 0) is 37.0 Å². The number of aromatic nitrogens is 2. The molecule has 6 heteroatoms. The van der Waals surface area contributed by atoms with Crippen molar-refractivity contribution < 1.29 is 19.0 Å². The summed E-state index contributed by atoms with van der Waals surface area (Å²) < 4.78 is 20.9. The summed E-state index contributed by atoms with van der Waals surface area (Å²) in [5.41, 5.74) is 1.01. The van der Waals surface area contributed by atoms with E-state index in [1.807, 2.05) is 0 Å². The lowest BCUT2D eigenvalue weighted by molar-refractivity contribution is 0.0689. The zero-order valence-electron chi connectivity index (χ0n) is 12.3. The molecule has 3 rings (SSSR count). The van der Waals surface area contributed by atoms with Crippen molar-refractivity contribution in [1.82, 2.24) is 9.78 Å². The third-order valence-electron chi connectivity index (χ3n) is 3.98. The lowest BCUT2D eigenvalue weighted by Crippen LogP contribution is -2.19. The van der Waals surface area contributed by atoms with Crippen molar-refractivity contribution in [3.63, 3.8) is 0 Å². The Morgan fingerprint density at radius 3 is 2.77 bits per heavy atom. The maximum atomic E-state index is 13.8. The second-order valence-corrected chi connectivity index (χ2v) is 5.63. The molecule has 0 radical (unpaired) electrons. The average molecular weight is 304 g/mol. The minimum Gasteiger partial charge on any atom is -0.493 e. The zero-order valence-corrected chi connectivity index (χ0v) is 12.3. The van der Waals surface area contributed by atoms with Crippen molar-refractivity contribution in [2.24, 2.45) is 13.0 Å². The number of aromatic carboxylic acids is 1. The summed E-state index contributed by atoms with van der Waals surface area (Å²) in [7, 11) is 1.63. The van der Waals surface area contributed by atoms with Gasteiger partial charge >= 0.3 is 5.97 Å². The number of benzene rings is 1. The standard InChI is InChI=1S/C16H17FN2O3/c1-19-15(8-14(18-19)16(20)21)11-5-12(17)7-13(6-11)22-9-10-3-2-4-10/h5-8,10H,2-4,9H2,1H3,(H,20,21). The number of hydrogen-bond acceptors (Lipinski definition) is 3. The van der Waals surface area contributed by atoms with E-state index in [0.29, 0.717) is 29.5 Å². The fourth-order valence-electron chi connectivity index (χ4n) is 2.51. The molecule has 1 saturated carbocycles. The first-order valence-electron chi connectivity index (χ1n) is 7.24. The molecule has 0 aliphatic heterocycles. The van der Waals surface area contributed by atoms with E-state index in [2.05, 4.69) is 5.10 Å². The summed E-state index contributed by atoms with van der Waals surface area (Å²) in [5.74, 6) is -0.513. The number of carbonyl (C=O) groups is 1. The molecule has 0 atom stereocenters. The molecule has 116 valence electrons.